The van der Waals surface area contributed by atoms with Crippen LogP contribution in [0.1, 0.15) is 37.0 Å². The highest BCUT2D eigenvalue weighted by molar-refractivity contribution is 5.94. The molecule has 0 atom stereocenters. The maximum atomic E-state index is 13.5. The number of aliphatic hydroxyl groups is 1. The molecule has 5 heteroatoms. The summed E-state index contributed by atoms with van der Waals surface area (Å²) in [6.07, 6.45) is 1.47. The van der Waals surface area contributed by atoms with Crippen LogP contribution in [-0.4, -0.2) is 24.2 Å². The van der Waals surface area contributed by atoms with Crippen molar-refractivity contribution in [1.82, 2.24) is 5.32 Å². The van der Waals surface area contributed by atoms with E-state index in [1.54, 1.807) is 0 Å². The zero-order valence-corrected chi connectivity index (χ0v) is 11.4. The Morgan fingerprint density at radius 1 is 1.47 bits per heavy atom. The second kappa shape index (κ2) is 6.52. The van der Waals surface area contributed by atoms with Crippen LogP contribution in [0, 0.1) is 11.2 Å². The molecule has 0 saturated carbocycles. The number of hydrogen-bond donors (Lipinski definition) is 3. The lowest BCUT2D eigenvalue weighted by Gasteiger charge is -2.24. The predicted octanol–water partition coefficient (Wildman–Crippen LogP) is 1.94. The van der Waals surface area contributed by atoms with E-state index in [0.29, 0.717) is 13.0 Å². The standard InChI is InChI=1S/C14H21FN2O2/c1-14(2,6-3-7-18)9-17-13(19)11-5-4-10(16)8-12(11)15/h4-5,8,18H,3,6-7,9,16H2,1-2H3,(H,17,19). The maximum absolute atomic E-state index is 13.5. The molecule has 1 aromatic rings. The van der Waals surface area contributed by atoms with Gasteiger partial charge in [-0.1, -0.05) is 13.8 Å². The van der Waals surface area contributed by atoms with Gasteiger partial charge < -0.3 is 16.2 Å². The zero-order chi connectivity index (χ0) is 14.5. The number of nitrogens with one attached hydrogen (secondary N) is 1. The molecule has 4 N–H and O–H groups in total. The number of carbonyl (C=O) groups excluding carboxylic acids is 1. The first-order valence-electron chi connectivity index (χ1n) is 6.30. The summed E-state index contributed by atoms with van der Waals surface area (Å²) in [5.41, 5.74) is 5.58. The van der Waals surface area contributed by atoms with Gasteiger partial charge in [0.1, 0.15) is 5.82 Å². The number of halogens is 1. The monoisotopic (exact) mass is 268 g/mol. The van der Waals surface area contributed by atoms with E-state index in [4.69, 9.17) is 10.8 Å². The first kappa shape index (κ1) is 15.4. The van der Waals surface area contributed by atoms with Crippen LogP contribution in [0.4, 0.5) is 10.1 Å². The van der Waals surface area contributed by atoms with Crippen LogP contribution in [0.5, 0.6) is 0 Å². The van der Waals surface area contributed by atoms with E-state index in [9.17, 15) is 9.18 Å². The van der Waals surface area contributed by atoms with Gasteiger partial charge in [0.05, 0.1) is 5.56 Å². The van der Waals surface area contributed by atoms with Crippen molar-refractivity contribution < 1.29 is 14.3 Å². The zero-order valence-electron chi connectivity index (χ0n) is 11.4. The molecule has 19 heavy (non-hydrogen) atoms. The Balaban J connectivity index is 2.60. The summed E-state index contributed by atoms with van der Waals surface area (Å²) in [5, 5.41) is 11.5. The lowest BCUT2D eigenvalue weighted by atomic mass is 9.88. The van der Waals surface area contributed by atoms with Gasteiger partial charge in [-0.25, -0.2) is 4.39 Å². The minimum absolute atomic E-state index is 0.00726. The quantitative estimate of drug-likeness (QED) is 0.690. The first-order chi connectivity index (χ1) is 8.85. The van der Waals surface area contributed by atoms with Gasteiger partial charge in [-0.2, -0.15) is 0 Å². The van der Waals surface area contributed by atoms with Crippen LogP contribution < -0.4 is 11.1 Å². The van der Waals surface area contributed by atoms with Gasteiger partial charge in [-0.05, 0) is 36.5 Å². The third-order valence-electron chi connectivity index (χ3n) is 2.98. The molecule has 0 heterocycles. The Labute approximate surface area is 112 Å². The summed E-state index contributed by atoms with van der Waals surface area (Å²) in [7, 11) is 0. The van der Waals surface area contributed by atoms with E-state index < -0.39 is 11.7 Å². The van der Waals surface area contributed by atoms with E-state index >= 15 is 0 Å². The Morgan fingerprint density at radius 3 is 2.74 bits per heavy atom. The summed E-state index contributed by atoms with van der Waals surface area (Å²) in [5.74, 6) is -1.07. The Hall–Kier alpha value is -1.62. The van der Waals surface area contributed by atoms with Crippen LogP contribution in [0.2, 0.25) is 0 Å². The highest BCUT2D eigenvalue weighted by Crippen LogP contribution is 2.21. The second-order valence-electron chi connectivity index (χ2n) is 5.41. The van der Waals surface area contributed by atoms with Gasteiger partial charge in [0, 0.05) is 18.8 Å². The third-order valence-corrected chi connectivity index (χ3v) is 2.98. The largest absolute Gasteiger partial charge is 0.399 e. The molecule has 0 aliphatic heterocycles. The number of nitrogen functional groups attached to an aromatic ring is 1. The van der Waals surface area contributed by atoms with Gasteiger partial charge >= 0.3 is 0 Å². The molecule has 106 valence electrons. The summed E-state index contributed by atoms with van der Waals surface area (Å²) < 4.78 is 13.5. The van der Waals surface area contributed by atoms with E-state index in [-0.39, 0.29) is 23.3 Å². The normalized spacial score (nSPS) is 11.4. The van der Waals surface area contributed by atoms with Gasteiger partial charge in [-0.15, -0.1) is 0 Å². The van der Waals surface area contributed by atoms with Crippen LogP contribution in [-0.2, 0) is 0 Å². The van der Waals surface area contributed by atoms with Crippen molar-refractivity contribution >= 4 is 11.6 Å². The molecule has 0 aromatic heterocycles. The summed E-state index contributed by atoms with van der Waals surface area (Å²) in [6, 6.07) is 4.00. The number of aliphatic hydroxyl groups excluding tert-OH is 1. The van der Waals surface area contributed by atoms with Crippen molar-refractivity contribution in [3.63, 3.8) is 0 Å². The molecule has 0 unspecified atom stereocenters. The van der Waals surface area contributed by atoms with Crippen LogP contribution >= 0.6 is 0 Å². The summed E-state index contributed by atoms with van der Waals surface area (Å²) in [4.78, 5) is 11.9. The van der Waals surface area contributed by atoms with Crippen molar-refractivity contribution in [3.05, 3.63) is 29.6 Å². The van der Waals surface area contributed by atoms with Crippen molar-refractivity contribution in [2.75, 3.05) is 18.9 Å². The van der Waals surface area contributed by atoms with E-state index in [1.807, 2.05) is 13.8 Å². The van der Waals surface area contributed by atoms with Gasteiger partial charge in [0.2, 0.25) is 0 Å². The number of nitrogens with two attached hydrogens (primary N) is 1. The molecule has 0 aliphatic rings. The first-order valence-corrected chi connectivity index (χ1v) is 6.30. The van der Waals surface area contributed by atoms with Crippen molar-refractivity contribution in [2.24, 2.45) is 5.41 Å². The number of anilines is 1. The molecule has 4 nitrogen and oxygen atoms in total. The third kappa shape index (κ3) is 4.87. The maximum Gasteiger partial charge on any atom is 0.254 e. The van der Waals surface area contributed by atoms with E-state index in [2.05, 4.69) is 5.32 Å². The summed E-state index contributed by atoms with van der Waals surface area (Å²) in [6.45, 7) is 4.53. The fraction of sp³-hybridized carbons (Fsp3) is 0.500. The van der Waals surface area contributed by atoms with Crippen molar-refractivity contribution in [3.8, 4) is 0 Å². The van der Waals surface area contributed by atoms with Gasteiger partial charge in [-0.3, -0.25) is 4.79 Å². The Bertz CT molecular complexity index is 447. The number of hydrogen-bond acceptors (Lipinski definition) is 3. The second-order valence-corrected chi connectivity index (χ2v) is 5.41. The molecule has 1 amide bonds. The molecule has 0 radical (unpaired) electrons. The fourth-order valence-electron chi connectivity index (χ4n) is 1.78. The smallest absolute Gasteiger partial charge is 0.254 e. The lowest BCUT2D eigenvalue weighted by molar-refractivity contribution is 0.0929. The average molecular weight is 268 g/mol. The minimum atomic E-state index is -0.620. The number of benzene rings is 1. The predicted molar refractivity (Wildman–Crippen MR) is 73.2 cm³/mol. The summed E-state index contributed by atoms with van der Waals surface area (Å²) >= 11 is 0. The minimum Gasteiger partial charge on any atom is -0.399 e. The van der Waals surface area contributed by atoms with E-state index in [1.165, 1.54) is 12.1 Å². The molecule has 0 aliphatic carbocycles. The highest BCUT2D eigenvalue weighted by Gasteiger charge is 2.19. The van der Waals surface area contributed by atoms with Crippen molar-refractivity contribution in [1.29, 1.82) is 0 Å². The molecule has 0 bridgehead atoms. The molecule has 1 aromatic carbocycles. The van der Waals surface area contributed by atoms with Crippen molar-refractivity contribution in [2.45, 2.75) is 26.7 Å². The number of amides is 1. The molecular formula is C14H21FN2O2. The van der Waals surface area contributed by atoms with Crippen LogP contribution in [0.25, 0.3) is 0 Å². The van der Waals surface area contributed by atoms with Gasteiger partial charge in [0.25, 0.3) is 5.91 Å². The SMILES string of the molecule is CC(C)(CCCO)CNC(=O)c1ccc(N)cc1F. The number of rotatable bonds is 6. The molecule has 0 saturated heterocycles. The topological polar surface area (TPSA) is 75.3 Å². The molecular weight excluding hydrogens is 247 g/mol. The Kier molecular flexibility index (Phi) is 5.30. The average Bonchev–Trinajstić information content (AvgIpc) is 2.34. The molecule has 1 rings (SSSR count). The van der Waals surface area contributed by atoms with E-state index in [0.717, 1.165) is 12.5 Å². The van der Waals surface area contributed by atoms with Crippen LogP contribution in [0.15, 0.2) is 18.2 Å². The number of carbonyl (C=O) groups is 1. The Morgan fingerprint density at radius 2 is 2.16 bits per heavy atom. The molecule has 0 spiro atoms. The fourth-order valence-corrected chi connectivity index (χ4v) is 1.78. The van der Waals surface area contributed by atoms with Crippen LogP contribution in [0.3, 0.4) is 0 Å². The highest BCUT2D eigenvalue weighted by atomic mass is 19.1. The lowest BCUT2D eigenvalue weighted by Crippen LogP contribution is -2.34. The molecule has 0 fully saturated rings. The van der Waals surface area contributed by atoms with Gasteiger partial charge in [0.15, 0.2) is 0 Å².